The smallest absolute Gasteiger partial charge is 0.252 e. The Balaban J connectivity index is 1.49. The summed E-state index contributed by atoms with van der Waals surface area (Å²) in [5.74, 6) is -0.339. The van der Waals surface area contributed by atoms with Crippen molar-refractivity contribution in [1.82, 2.24) is 10.2 Å². The second kappa shape index (κ2) is 9.57. The summed E-state index contributed by atoms with van der Waals surface area (Å²) in [6, 6.07) is 14.9. The molecular weight excluding hydrogens is 378 g/mol. The minimum absolute atomic E-state index is 0.0128. The van der Waals surface area contributed by atoms with Gasteiger partial charge in [0.2, 0.25) is 5.91 Å². The van der Waals surface area contributed by atoms with E-state index in [0.717, 1.165) is 24.3 Å². The highest BCUT2D eigenvalue weighted by molar-refractivity contribution is 6.30. The normalized spacial score (nSPS) is 14.1. The maximum absolute atomic E-state index is 12.5. The SMILES string of the molecule is COCc1ccccc1C(=O)NCC(=O)N1CCN(c2ccc(Cl)cc2)CC1. The zero-order valence-corrected chi connectivity index (χ0v) is 16.6. The monoisotopic (exact) mass is 401 g/mol. The van der Waals surface area contributed by atoms with E-state index >= 15 is 0 Å². The van der Waals surface area contributed by atoms with Crippen molar-refractivity contribution in [1.29, 1.82) is 0 Å². The molecule has 0 aliphatic carbocycles. The minimum atomic E-state index is -0.263. The molecule has 0 aromatic heterocycles. The highest BCUT2D eigenvalue weighted by Crippen LogP contribution is 2.19. The lowest BCUT2D eigenvalue weighted by atomic mass is 10.1. The average Bonchev–Trinajstić information content (AvgIpc) is 2.73. The molecule has 0 saturated carbocycles. The molecule has 0 spiro atoms. The molecule has 2 aromatic rings. The van der Waals surface area contributed by atoms with E-state index in [-0.39, 0.29) is 18.4 Å². The quantitative estimate of drug-likeness (QED) is 0.808. The van der Waals surface area contributed by atoms with Gasteiger partial charge in [-0.25, -0.2) is 0 Å². The fourth-order valence-corrected chi connectivity index (χ4v) is 3.38. The zero-order chi connectivity index (χ0) is 19.9. The first-order valence-corrected chi connectivity index (χ1v) is 9.59. The molecule has 28 heavy (non-hydrogen) atoms. The van der Waals surface area contributed by atoms with E-state index in [0.29, 0.717) is 30.3 Å². The van der Waals surface area contributed by atoms with E-state index in [1.54, 1.807) is 24.1 Å². The third-order valence-electron chi connectivity index (χ3n) is 4.79. The summed E-state index contributed by atoms with van der Waals surface area (Å²) in [5.41, 5.74) is 2.43. The maximum atomic E-state index is 12.5. The lowest BCUT2D eigenvalue weighted by molar-refractivity contribution is -0.130. The molecule has 2 amide bonds. The number of ether oxygens (including phenoxy) is 1. The fourth-order valence-electron chi connectivity index (χ4n) is 3.25. The standard InChI is InChI=1S/C21H24ClN3O3/c1-28-15-16-4-2-3-5-19(16)21(27)23-14-20(26)25-12-10-24(11-13-25)18-8-6-17(22)7-9-18/h2-9H,10-15H2,1H3,(H,23,27). The summed E-state index contributed by atoms with van der Waals surface area (Å²) in [7, 11) is 1.59. The van der Waals surface area contributed by atoms with Gasteiger partial charge in [0, 0.05) is 49.6 Å². The molecule has 1 N–H and O–H groups in total. The number of carbonyl (C=O) groups excluding carboxylic acids is 2. The van der Waals surface area contributed by atoms with E-state index < -0.39 is 0 Å². The number of nitrogens with zero attached hydrogens (tertiary/aromatic N) is 2. The van der Waals surface area contributed by atoms with Crippen LogP contribution < -0.4 is 10.2 Å². The number of nitrogens with one attached hydrogen (secondary N) is 1. The molecule has 7 heteroatoms. The molecule has 0 unspecified atom stereocenters. The number of hydrogen-bond acceptors (Lipinski definition) is 4. The van der Waals surface area contributed by atoms with Crippen LogP contribution in [0.5, 0.6) is 0 Å². The highest BCUT2D eigenvalue weighted by atomic mass is 35.5. The van der Waals surface area contributed by atoms with Crippen LogP contribution >= 0.6 is 11.6 Å². The van der Waals surface area contributed by atoms with Gasteiger partial charge in [0.1, 0.15) is 0 Å². The lowest BCUT2D eigenvalue weighted by Crippen LogP contribution is -2.51. The Morgan fingerprint density at radius 1 is 1.04 bits per heavy atom. The number of halogens is 1. The highest BCUT2D eigenvalue weighted by Gasteiger charge is 2.22. The van der Waals surface area contributed by atoms with Crippen LogP contribution in [-0.2, 0) is 16.1 Å². The van der Waals surface area contributed by atoms with E-state index in [4.69, 9.17) is 16.3 Å². The molecule has 1 fully saturated rings. The van der Waals surface area contributed by atoms with Crippen LogP contribution in [0.2, 0.25) is 5.02 Å². The van der Waals surface area contributed by atoms with Crippen LogP contribution in [0.25, 0.3) is 0 Å². The van der Waals surface area contributed by atoms with Gasteiger partial charge in [-0.1, -0.05) is 29.8 Å². The summed E-state index contributed by atoms with van der Waals surface area (Å²) < 4.78 is 5.13. The Morgan fingerprint density at radius 2 is 1.71 bits per heavy atom. The largest absolute Gasteiger partial charge is 0.380 e. The average molecular weight is 402 g/mol. The first kappa shape index (κ1) is 20.2. The van der Waals surface area contributed by atoms with Gasteiger partial charge in [0.25, 0.3) is 5.91 Å². The van der Waals surface area contributed by atoms with Crippen LogP contribution in [0.15, 0.2) is 48.5 Å². The first-order valence-electron chi connectivity index (χ1n) is 9.22. The summed E-state index contributed by atoms with van der Waals surface area (Å²) in [6.07, 6.45) is 0. The van der Waals surface area contributed by atoms with Crippen molar-refractivity contribution in [2.75, 3.05) is 44.7 Å². The fraction of sp³-hybridized carbons (Fsp3) is 0.333. The van der Waals surface area contributed by atoms with Crippen molar-refractivity contribution in [3.05, 3.63) is 64.7 Å². The van der Waals surface area contributed by atoms with Crippen molar-refractivity contribution < 1.29 is 14.3 Å². The third-order valence-corrected chi connectivity index (χ3v) is 5.04. The summed E-state index contributed by atoms with van der Waals surface area (Å²) in [5, 5.41) is 3.44. The molecule has 0 bridgehead atoms. The van der Waals surface area contributed by atoms with Crippen LogP contribution in [0.1, 0.15) is 15.9 Å². The van der Waals surface area contributed by atoms with Gasteiger partial charge in [-0.3, -0.25) is 9.59 Å². The summed E-state index contributed by atoms with van der Waals surface area (Å²) >= 11 is 5.93. The summed E-state index contributed by atoms with van der Waals surface area (Å²) in [6.45, 7) is 3.08. The number of hydrogen-bond donors (Lipinski definition) is 1. The van der Waals surface area contributed by atoms with E-state index in [1.807, 2.05) is 36.4 Å². The van der Waals surface area contributed by atoms with Crippen LogP contribution in [0, 0.1) is 0 Å². The topological polar surface area (TPSA) is 61.9 Å². The predicted molar refractivity (Wildman–Crippen MR) is 110 cm³/mol. The van der Waals surface area contributed by atoms with Crippen molar-refractivity contribution in [2.45, 2.75) is 6.61 Å². The number of rotatable bonds is 6. The molecular formula is C21H24ClN3O3. The number of anilines is 1. The van der Waals surface area contributed by atoms with Gasteiger partial charge in [0.15, 0.2) is 0 Å². The molecule has 1 saturated heterocycles. The molecule has 1 aliphatic rings. The van der Waals surface area contributed by atoms with Crippen LogP contribution in [-0.4, -0.2) is 56.5 Å². The zero-order valence-electron chi connectivity index (χ0n) is 15.9. The van der Waals surface area contributed by atoms with Gasteiger partial charge in [-0.05, 0) is 35.9 Å². The van der Waals surface area contributed by atoms with Gasteiger partial charge in [0.05, 0.1) is 13.2 Å². The first-order chi connectivity index (χ1) is 13.6. The van der Waals surface area contributed by atoms with Gasteiger partial charge in [-0.15, -0.1) is 0 Å². The second-order valence-electron chi connectivity index (χ2n) is 6.62. The Kier molecular flexibility index (Phi) is 6.90. The Labute approximate surface area is 170 Å². The molecule has 1 heterocycles. The van der Waals surface area contributed by atoms with Gasteiger partial charge < -0.3 is 19.9 Å². The summed E-state index contributed by atoms with van der Waals surface area (Å²) in [4.78, 5) is 28.9. The number of amides is 2. The van der Waals surface area contributed by atoms with Crippen LogP contribution in [0.3, 0.4) is 0 Å². The third kappa shape index (κ3) is 5.03. The molecule has 2 aromatic carbocycles. The molecule has 148 valence electrons. The molecule has 0 atom stereocenters. The van der Waals surface area contributed by atoms with E-state index in [1.165, 1.54) is 0 Å². The number of carbonyl (C=O) groups is 2. The number of benzene rings is 2. The van der Waals surface area contributed by atoms with Crippen molar-refractivity contribution in [2.24, 2.45) is 0 Å². The van der Waals surface area contributed by atoms with Crippen molar-refractivity contribution in [3.63, 3.8) is 0 Å². The Hall–Kier alpha value is -2.57. The van der Waals surface area contributed by atoms with Gasteiger partial charge in [-0.2, -0.15) is 0 Å². The van der Waals surface area contributed by atoms with E-state index in [9.17, 15) is 9.59 Å². The maximum Gasteiger partial charge on any atom is 0.252 e. The molecule has 3 rings (SSSR count). The predicted octanol–water partition coefficient (Wildman–Crippen LogP) is 2.57. The number of methoxy groups -OCH3 is 1. The lowest BCUT2D eigenvalue weighted by Gasteiger charge is -2.36. The Morgan fingerprint density at radius 3 is 2.39 bits per heavy atom. The molecule has 6 nitrogen and oxygen atoms in total. The number of piperazine rings is 1. The minimum Gasteiger partial charge on any atom is -0.380 e. The molecule has 0 radical (unpaired) electrons. The van der Waals surface area contributed by atoms with Gasteiger partial charge >= 0.3 is 0 Å². The second-order valence-corrected chi connectivity index (χ2v) is 7.05. The van der Waals surface area contributed by atoms with Crippen molar-refractivity contribution >= 4 is 29.1 Å². The molecule has 1 aliphatic heterocycles. The van der Waals surface area contributed by atoms with Crippen molar-refractivity contribution in [3.8, 4) is 0 Å². The Bertz CT molecular complexity index is 818. The van der Waals surface area contributed by atoms with E-state index in [2.05, 4.69) is 10.2 Å². The van der Waals surface area contributed by atoms with Crippen LogP contribution in [0.4, 0.5) is 5.69 Å².